The number of methoxy groups -OCH3 is 1. The number of aryl methyl sites for hydroxylation is 1. The van der Waals surface area contributed by atoms with Crippen LogP contribution >= 0.6 is 0 Å². The number of Topliss-reactive ketones (excluding diaryl/α,β-unsaturated/α-hetero) is 1. The van der Waals surface area contributed by atoms with Gasteiger partial charge in [-0.3, -0.25) is 9.20 Å². The fraction of sp³-hybridized carbons (Fsp3) is 0.304. The van der Waals surface area contributed by atoms with Crippen molar-refractivity contribution >= 4 is 28.3 Å². The molecule has 0 fully saturated rings. The van der Waals surface area contributed by atoms with Crippen molar-refractivity contribution in [1.82, 2.24) is 19.6 Å². The topological polar surface area (TPSA) is 81.4 Å². The molecule has 0 aliphatic rings. The third-order valence-electron chi connectivity index (χ3n) is 5.24. The number of aromatic nitrogens is 4. The maximum absolute atomic E-state index is 13.7. The fourth-order valence-electron chi connectivity index (χ4n) is 3.62. The van der Waals surface area contributed by atoms with Crippen molar-refractivity contribution < 1.29 is 13.9 Å². The number of anilines is 1. The number of hydrogen-bond donors (Lipinski definition) is 1. The summed E-state index contributed by atoms with van der Waals surface area (Å²) in [6.45, 7) is 2.58. The largest absolute Gasteiger partial charge is 0.497 e. The molecule has 0 saturated heterocycles. The maximum Gasteiger partial charge on any atom is 0.204 e. The minimum Gasteiger partial charge on any atom is -0.497 e. The predicted octanol–water partition coefficient (Wildman–Crippen LogP) is 4.59. The van der Waals surface area contributed by atoms with Gasteiger partial charge in [0.15, 0.2) is 11.6 Å². The number of benzene rings is 2. The van der Waals surface area contributed by atoms with Gasteiger partial charge in [-0.05, 0) is 44.0 Å². The lowest BCUT2D eigenvalue weighted by Gasteiger charge is -2.10. The number of fused-ring (bicyclic) bond motifs is 3. The van der Waals surface area contributed by atoms with Gasteiger partial charge in [0.05, 0.1) is 23.7 Å². The van der Waals surface area contributed by atoms with E-state index in [9.17, 15) is 9.18 Å². The van der Waals surface area contributed by atoms with Crippen molar-refractivity contribution in [1.29, 1.82) is 0 Å². The first-order chi connectivity index (χ1) is 15.1. The first-order valence-electron chi connectivity index (χ1n) is 10.3. The summed E-state index contributed by atoms with van der Waals surface area (Å²) in [4.78, 5) is 16.9. The van der Waals surface area contributed by atoms with Gasteiger partial charge in [-0.15, -0.1) is 10.2 Å². The summed E-state index contributed by atoms with van der Waals surface area (Å²) < 4.78 is 21.0. The van der Waals surface area contributed by atoms with Crippen LogP contribution in [-0.2, 0) is 0 Å². The van der Waals surface area contributed by atoms with Crippen molar-refractivity contribution in [3.05, 3.63) is 59.7 Å². The number of hydrogen-bond acceptors (Lipinski definition) is 6. The highest BCUT2D eigenvalue weighted by Crippen LogP contribution is 2.25. The van der Waals surface area contributed by atoms with Gasteiger partial charge in [-0.2, -0.15) is 0 Å². The van der Waals surface area contributed by atoms with Gasteiger partial charge in [0.25, 0.3) is 0 Å². The number of ether oxygens (including phenoxy) is 1. The van der Waals surface area contributed by atoms with E-state index < -0.39 is 5.82 Å². The molecule has 0 atom stereocenters. The lowest BCUT2D eigenvalue weighted by atomic mass is 10.0. The summed E-state index contributed by atoms with van der Waals surface area (Å²) in [6, 6.07) is 11.8. The Kier molecular flexibility index (Phi) is 6.06. The number of nitrogens with zero attached hydrogens (tertiary/aromatic N) is 4. The third-order valence-corrected chi connectivity index (χ3v) is 5.24. The number of rotatable bonds is 9. The Morgan fingerprint density at radius 2 is 1.97 bits per heavy atom. The van der Waals surface area contributed by atoms with E-state index in [4.69, 9.17) is 9.72 Å². The normalized spacial score (nSPS) is 11.2. The molecular formula is C23H24FN5O2. The van der Waals surface area contributed by atoms with Crippen molar-refractivity contribution in [2.24, 2.45) is 0 Å². The van der Waals surface area contributed by atoms with Crippen molar-refractivity contribution in [3.8, 4) is 5.75 Å². The monoisotopic (exact) mass is 421 g/mol. The lowest BCUT2D eigenvalue weighted by molar-refractivity contribution is 0.0975. The molecule has 7 nitrogen and oxygen atoms in total. The number of carbonyl (C=O) groups excluding carboxylic acids is 1. The Labute approximate surface area is 179 Å². The number of halogens is 1. The average Bonchev–Trinajstić information content (AvgIpc) is 3.17. The molecule has 0 aliphatic heterocycles. The van der Waals surface area contributed by atoms with E-state index in [1.807, 2.05) is 29.5 Å². The standard InChI is InChI=1S/C23H24FN5O2/c1-15-27-28-23-22(26-19-14-16(31-2)11-12-20(19)29(15)23)25-13-7-3-4-10-21(30)17-8-5-6-9-18(17)24/h5-6,8-9,11-12,14H,3-4,7,10,13H2,1-2H3,(H,25,26). The fourth-order valence-corrected chi connectivity index (χ4v) is 3.62. The van der Waals surface area contributed by atoms with Crippen LogP contribution in [0.5, 0.6) is 5.75 Å². The highest BCUT2D eigenvalue weighted by atomic mass is 19.1. The van der Waals surface area contributed by atoms with Gasteiger partial charge < -0.3 is 10.1 Å². The van der Waals surface area contributed by atoms with Crippen LogP contribution in [0.25, 0.3) is 16.7 Å². The molecule has 8 heteroatoms. The number of carbonyl (C=O) groups is 1. The second-order valence-electron chi connectivity index (χ2n) is 7.36. The molecule has 1 N–H and O–H groups in total. The van der Waals surface area contributed by atoms with Crippen LogP contribution in [0.4, 0.5) is 10.2 Å². The SMILES string of the molecule is COc1ccc2c(c1)nc(NCCCCCC(=O)c1ccccc1F)c1nnc(C)n12. The van der Waals surface area contributed by atoms with Crippen LogP contribution in [0.1, 0.15) is 41.9 Å². The van der Waals surface area contributed by atoms with E-state index in [0.717, 1.165) is 35.4 Å². The third kappa shape index (κ3) is 4.33. The zero-order chi connectivity index (χ0) is 21.8. The first kappa shape index (κ1) is 20.7. The highest BCUT2D eigenvalue weighted by Gasteiger charge is 2.14. The Morgan fingerprint density at radius 1 is 1.13 bits per heavy atom. The summed E-state index contributed by atoms with van der Waals surface area (Å²) >= 11 is 0. The molecule has 4 aromatic rings. The van der Waals surface area contributed by atoms with E-state index in [1.165, 1.54) is 12.1 Å². The summed E-state index contributed by atoms with van der Waals surface area (Å²) in [6.07, 6.45) is 2.73. The van der Waals surface area contributed by atoms with Gasteiger partial charge in [0.1, 0.15) is 17.4 Å². The van der Waals surface area contributed by atoms with Crippen LogP contribution in [-0.4, -0.2) is 39.0 Å². The molecule has 0 bridgehead atoms. The van der Waals surface area contributed by atoms with E-state index in [1.54, 1.807) is 19.2 Å². The first-order valence-corrected chi connectivity index (χ1v) is 10.3. The molecule has 0 unspecified atom stereocenters. The maximum atomic E-state index is 13.7. The molecule has 2 heterocycles. The lowest BCUT2D eigenvalue weighted by Crippen LogP contribution is -2.07. The molecule has 2 aromatic heterocycles. The number of nitrogens with one attached hydrogen (secondary N) is 1. The van der Waals surface area contributed by atoms with Gasteiger partial charge in [0, 0.05) is 19.0 Å². The molecule has 0 amide bonds. The van der Waals surface area contributed by atoms with Gasteiger partial charge in [-0.25, -0.2) is 9.37 Å². The Balaban J connectivity index is 1.37. The second-order valence-corrected chi connectivity index (χ2v) is 7.36. The Bertz CT molecular complexity index is 1240. The van der Waals surface area contributed by atoms with Gasteiger partial charge in [-0.1, -0.05) is 18.6 Å². The van der Waals surface area contributed by atoms with E-state index in [0.29, 0.717) is 30.9 Å². The quantitative estimate of drug-likeness (QED) is 0.314. The molecular weight excluding hydrogens is 397 g/mol. The molecule has 31 heavy (non-hydrogen) atoms. The molecule has 0 spiro atoms. The summed E-state index contributed by atoms with van der Waals surface area (Å²) in [7, 11) is 1.62. The van der Waals surface area contributed by atoms with E-state index in [-0.39, 0.29) is 11.3 Å². The summed E-state index contributed by atoms with van der Waals surface area (Å²) in [5, 5.41) is 11.8. The summed E-state index contributed by atoms with van der Waals surface area (Å²) in [5.41, 5.74) is 2.54. The molecule has 0 radical (unpaired) electrons. The molecule has 160 valence electrons. The highest BCUT2D eigenvalue weighted by molar-refractivity contribution is 5.96. The molecule has 2 aromatic carbocycles. The van der Waals surface area contributed by atoms with Gasteiger partial charge >= 0.3 is 0 Å². The molecule has 0 aliphatic carbocycles. The molecule has 4 rings (SSSR count). The smallest absolute Gasteiger partial charge is 0.204 e. The van der Waals surface area contributed by atoms with Crippen LogP contribution in [0.15, 0.2) is 42.5 Å². The van der Waals surface area contributed by atoms with Crippen molar-refractivity contribution in [3.63, 3.8) is 0 Å². The van der Waals surface area contributed by atoms with Crippen LogP contribution in [0.3, 0.4) is 0 Å². The zero-order valence-electron chi connectivity index (χ0n) is 17.6. The second kappa shape index (κ2) is 9.07. The Morgan fingerprint density at radius 3 is 2.77 bits per heavy atom. The number of ketones is 1. The summed E-state index contributed by atoms with van der Waals surface area (Å²) in [5.74, 6) is 1.55. The van der Waals surface area contributed by atoms with Crippen LogP contribution in [0, 0.1) is 12.7 Å². The molecule has 0 saturated carbocycles. The van der Waals surface area contributed by atoms with Crippen molar-refractivity contribution in [2.75, 3.05) is 19.0 Å². The van der Waals surface area contributed by atoms with Crippen LogP contribution < -0.4 is 10.1 Å². The predicted molar refractivity (Wildman–Crippen MR) is 117 cm³/mol. The average molecular weight is 421 g/mol. The zero-order valence-corrected chi connectivity index (χ0v) is 17.6. The van der Waals surface area contributed by atoms with E-state index in [2.05, 4.69) is 15.5 Å². The Hall–Kier alpha value is -3.55. The van der Waals surface area contributed by atoms with Crippen molar-refractivity contribution in [2.45, 2.75) is 32.6 Å². The van der Waals surface area contributed by atoms with E-state index >= 15 is 0 Å². The minimum atomic E-state index is -0.458. The van der Waals surface area contributed by atoms with Crippen LogP contribution in [0.2, 0.25) is 0 Å². The van der Waals surface area contributed by atoms with Gasteiger partial charge in [0.2, 0.25) is 5.65 Å². The number of unbranched alkanes of at least 4 members (excludes halogenated alkanes) is 2. The minimum absolute atomic E-state index is 0.156.